The number of benzene rings is 1. The quantitative estimate of drug-likeness (QED) is 0.487. The third kappa shape index (κ3) is 3.35. The lowest BCUT2D eigenvalue weighted by Gasteiger charge is -2.06. The molecule has 3 aromatic rings. The summed E-state index contributed by atoms with van der Waals surface area (Å²) in [7, 11) is -2.18. The largest absolute Gasteiger partial charge is 0.360 e. The molecule has 0 saturated carbocycles. The number of hydrogen-bond acceptors (Lipinski definition) is 7. The number of H-pyrrole nitrogens is 1. The first-order valence-electron chi connectivity index (χ1n) is 7.40. The highest BCUT2D eigenvalue weighted by Crippen LogP contribution is 2.25. The van der Waals surface area contributed by atoms with Gasteiger partial charge < -0.3 is 20.2 Å². The second-order valence-corrected chi connectivity index (χ2v) is 7.30. The minimum Gasteiger partial charge on any atom is -0.360 e. The summed E-state index contributed by atoms with van der Waals surface area (Å²) in [4.78, 5) is 15.2. The van der Waals surface area contributed by atoms with Gasteiger partial charge in [0.15, 0.2) is 15.6 Å². The zero-order valence-electron chi connectivity index (χ0n) is 13.6. The van der Waals surface area contributed by atoms with Crippen LogP contribution in [0.1, 0.15) is 5.76 Å². The maximum Gasteiger partial charge on any atom is 0.241 e. The van der Waals surface area contributed by atoms with Crippen LogP contribution in [0.25, 0.3) is 10.9 Å². The summed E-state index contributed by atoms with van der Waals surface area (Å²) in [5.74, 6) is -0.854. The van der Waals surface area contributed by atoms with Crippen molar-refractivity contribution in [2.75, 3.05) is 23.5 Å². The van der Waals surface area contributed by atoms with Gasteiger partial charge in [-0.25, -0.2) is 13.8 Å². The molecule has 25 heavy (non-hydrogen) atoms. The Bertz CT molecular complexity index is 1020. The predicted octanol–water partition coefficient (Wildman–Crippen LogP) is 1.42. The summed E-state index contributed by atoms with van der Waals surface area (Å²) < 4.78 is 30.1. The van der Waals surface area contributed by atoms with Gasteiger partial charge in [0.05, 0.1) is 4.90 Å². The zero-order chi connectivity index (χ0) is 18.0. The summed E-state index contributed by atoms with van der Waals surface area (Å²) >= 11 is 0. The molecule has 3 rings (SSSR count). The summed E-state index contributed by atoms with van der Waals surface area (Å²) in [6, 6.07) is 6.99. The molecule has 0 aliphatic heterocycles. The van der Waals surface area contributed by atoms with Crippen LogP contribution in [0.4, 0.5) is 11.5 Å². The molecule has 0 saturated heterocycles. The fraction of sp³-hybridized carbons (Fsp3) is 0.200. The lowest BCUT2D eigenvalue weighted by atomic mass is 10.2. The Labute approximate surface area is 143 Å². The van der Waals surface area contributed by atoms with E-state index >= 15 is 0 Å². The number of sulfone groups is 1. The Morgan fingerprint density at radius 2 is 2.08 bits per heavy atom. The predicted molar refractivity (Wildman–Crippen MR) is 92.9 cm³/mol. The number of anilines is 2. The summed E-state index contributed by atoms with van der Waals surface area (Å²) in [6.45, 7) is 1.66. The maximum atomic E-state index is 12.6. The van der Waals surface area contributed by atoms with Gasteiger partial charge in [0.1, 0.15) is 11.4 Å². The molecule has 0 spiro atoms. The number of hydrogen-bond donors (Lipinski definition) is 4. The molecule has 0 radical (unpaired) electrons. The number of para-hydroxylation sites is 1. The van der Waals surface area contributed by atoms with Crippen LogP contribution >= 0.6 is 0 Å². The molecule has 9 nitrogen and oxygen atoms in total. The number of amides is 1. The summed E-state index contributed by atoms with van der Waals surface area (Å²) in [5.41, 5.74) is 6.58. The highest BCUT2D eigenvalue weighted by molar-refractivity contribution is 7.92. The van der Waals surface area contributed by atoms with Crippen LogP contribution in [0.5, 0.6) is 0 Å². The molecule has 0 bridgehead atoms. The van der Waals surface area contributed by atoms with Crippen molar-refractivity contribution in [1.29, 1.82) is 0 Å². The monoisotopic (exact) mass is 363 g/mol. The first-order chi connectivity index (χ1) is 11.9. The zero-order valence-corrected chi connectivity index (χ0v) is 14.4. The van der Waals surface area contributed by atoms with E-state index in [4.69, 9.17) is 4.52 Å². The van der Waals surface area contributed by atoms with Crippen molar-refractivity contribution < 1.29 is 17.7 Å². The number of aromatic nitrogens is 2. The molecule has 132 valence electrons. The number of aryl methyl sites for hydroxylation is 1. The Kier molecular flexibility index (Phi) is 4.47. The van der Waals surface area contributed by atoms with Crippen molar-refractivity contribution in [3.05, 3.63) is 36.2 Å². The highest BCUT2D eigenvalue weighted by atomic mass is 32.2. The minimum absolute atomic E-state index is 0.0863. The molecule has 0 unspecified atom stereocenters. The second kappa shape index (κ2) is 6.57. The molecule has 10 heteroatoms. The van der Waals surface area contributed by atoms with E-state index in [0.717, 1.165) is 0 Å². The van der Waals surface area contributed by atoms with Crippen molar-refractivity contribution in [2.24, 2.45) is 0 Å². The Balaban J connectivity index is 1.81. The van der Waals surface area contributed by atoms with Crippen LogP contribution in [0.2, 0.25) is 0 Å². The van der Waals surface area contributed by atoms with Crippen LogP contribution < -0.4 is 16.2 Å². The van der Waals surface area contributed by atoms with Crippen LogP contribution in [-0.4, -0.2) is 37.3 Å². The summed E-state index contributed by atoms with van der Waals surface area (Å²) in [6.07, 6.45) is 1.39. The van der Waals surface area contributed by atoms with Gasteiger partial charge in [-0.2, -0.15) is 0 Å². The van der Waals surface area contributed by atoms with Crippen LogP contribution in [-0.2, 0) is 14.6 Å². The second-order valence-electron chi connectivity index (χ2n) is 5.34. The number of rotatable bonds is 6. The van der Waals surface area contributed by atoms with Crippen molar-refractivity contribution in [3.63, 3.8) is 0 Å². The number of carbonyl (C=O) groups is 1. The Morgan fingerprint density at radius 1 is 1.32 bits per heavy atom. The van der Waals surface area contributed by atoms with Crippen LogP contribution in [0, 0.1) is 6.92 Å². The number of carbonyl (C=O) groups excluding carboxylic acids is 1. The van der Waals surface area contributed by atoms with E-state index in [9.17, 15) is 13.2 Å². The fourth-order valence-electron chi connectivity index (χ4n) is 2.45. The molecule has 0 aliphatic rings. The minimum atomic E-state index is -3.82. The number of nitrogens with one attached hydrogen (secondary N) is 4. The van der Waals surface area contributed by atoms with Gasteiger partial charge in [0, 0.05) is 24.1 Å². The normalized spacial score (nSPS) is 11.6. The number of hydrazine groups is 1. The highest BCUT2D eigenvalue weighted by Gasteiger charge is 2.24. The van der Waals surface area contributed by atoms with Gasteiger partial charge in [-0.05, 0) is 13.0 Å². The molecular weight excluding hydrogens is 346 g/mol. The molecular formula is C15H17N5O4S. The molecule has 1 aromatic carbocycles. The molecule has 0 atom stereocenters. The van der Waals surface area contributed by atoms with Crippen LogP contribution in [0.15, 0.2) is 39.9 Å². The van der Waals surface area contributed by atoms with Gasteiger partial charge >= 0.3 is 0 Å². The van der Waals surface area contributed by atoms with E-state index in [1.807, 2.05) is 0 Å². The van der Waals surface area contributed by atoms with Crippen molar-refractivity contribution in [3.8, 4) is 0 Å². The van der Waals surface area contributed by atoms with Crippen LogP contribution in [0.3, 0.4) is 0 Å². The Morgan fingerprint density at radius 3 is 2.84 bits per heavy atom. The number of nitrogens with zero attached hydrogens (tertiary/aromatic N) is 1. The molecule has 0 aliphatic carbocycles. The van der Waals surface area contributed by atoms with E-state index in [0.29, 0.717) is 22.4 Å². The van der Waals surface area contributed by atoms with Crippen molar-refractivity contribution in [1.82, 2.24) is 15.6 Å². The van der Waals surface area contributed by atoms with E-state index in [-0.39, 0.29) is 10.7 Å². The van der Waals surface area contributed by atoms with Crippen molar-refractivity contribution in [2.45, 2.75) is 11.8 Å². The van der Waals surface area contributed by atoms with E-state index in [1.54, 1.807) is 38.2 Å². The number of fused-ring (bicyclic) bond motifs is 1. The maximum absolute atomic E-state index is 12.6. The third-order valence-corrected chi connectivity index (χ3v) is 5.23. The summed E-state index contributed by atoms with van der Waals surface area (Å²) in [5, 5.41) is 6.70. The van der Waals surface area contributed by atoms with Gasteiger partial charge in [0.25, 0.3) is 0 Å². The lowest BCUT2D eigenvalue weighted by Crippen LogP contribution is -2.24. The average Bonchev–Trinajstić information content (AvgIpc) is 3.13. The molecule has 2 heterocycles. The molecule has 0 fully saturated rings. The van der Waals surface area contributed by atoms with Crippen molar-refractivity contribution >= 4 is 38.2 Å². The third-order valence-electron chi connectivity index (χ3n) is 3.58. The first kappa shape index (κ1) is 17.0. The Hall–Kier alpha value is -2.85. The van der Waals surface area contributed by atoms with Gasteiger partial charge in [0.2, 0.25) is 11.7 Å². The topological polar surface area (TPSA) is 129 Å². The van der Waals surface area contributed by atoms with E-state index < -0.39 is 21.5 Å². The lowest BCUT2D eigenvalue weighted by molar-refractivity contribution is -0.113. The number of aromatic amines is 1. The van der Waals surface area contributed by atoms with Gasteiger partial charge in [-0.15, -0.1) is 0 Å². The van der Waals surface area contributed by atoms with E-state index in [1.165, 1.54) is 6.20 Å². The van der Waals surface area contributed by atoms with Gasteiger partial charge in [-0.3, -0.25) is 4.79 Å². The van der Waals surface area contributed by atoms with E-state index in [2.05, 4.69) is 26.3 Å². The van der Waals surface area contributed by atoms with Gasteiger partial charge in [-0.1, -0.05) is 23.4 Å². The standard InChI is InChI=1S/C15H17N5O4S/c1-9-14(19-16-2)15(20-24-9)18-13(21)8-25(22,23)12-7-17-11-6-4-3-5-10(11)12/h3-7,16-17,19H,8H2,1-2H3,(H,18,20,21). The molecule has 4 N–H and O–H groups in total. The average molecular weight is 363 g/mol. The SMILES string of the molecule is CNNc1c(NC(=O)CS(=O)(=O)c2c[nH]c3ccccc23)noc1C. The smallest absolute Gasteiger partial charge is 0.241 e. The molecule has 1 amide bonds. The first-order valence-corrected chi connectivity index (χ1v) is 9.05. The molecule has 2 aromatic heterocycles. The fourth-order valence-corrected chi connectivity index (χ4v) is 3.77.